The standard InChI is InChI=1S/C20H21NO4/c1-22-13-25-12-18-16(8-9-19(23-2)20(18)24-3)17-11-21-10-14-6-4-5-7-15(14)17/h4-11H,12-13H2,1-3H3. The summed E-state index contributed by atoms with van der Waals surface area (Å²) in [5, 5.41) is 2.20. The van der Waals surface area contributed by atoms with Gasteiger partial charge in [0, 0.05) is 36.0 Å². The molecule has 0 radical (unpaired) electrons. The highest BCUT2D eigenvalue weighted by atomic mass is 16.7. The lowest BCUT2D eigenvalue weighted by atomic mass is 9.96. The number of aromatic nitrogens is 1. The number of hydrogen-bond acceptors (Lipinski definition) is 5. The number of ether oxygens (including phenoxy) is 4. The van der Waals surface area contributed by atoms with Crippen molar-refractivity contribution < 1.29 is 18.9 Å². The van der Waals surface area contributed by atoms with Gasteiger partial charge in [-0.1, -0.05) is 24.3 Å². The van der Waals surface area contributed by atoms with Crippen molar-refractivity contribution in [1.29, 1.82) is 0 Å². The van der Waals surface area contributed by atoms with Crippen LogP contribution < -0.4 is 9.47 Å². The van der Waals surface area contributed by atoms with Crippen LogP contribution in [0.1, 0.15) is 5.56 Å². The molecule has 0 aliphatic carbocycles. The van der Waals surface area contributed by atoms with Crippen LogP contribution in [0.5, 0.6) is 11.5 Å². The van der Waals surface area contributed by atoms with Crippen molar-refractivity contribution in [2.75, 3.05) is 28.1 Å². The molecule has 3 rings (SSSR count). The van der Waals surface area contributed by atoms with E-state index in [9.17, 15) is 0 Å². The van der Waals surface area contributed by atoms with Crippen LogP contribution in [0, 0.1) is 0 Å². The first kappa shape index (κ1) is 17.2. The molecular weight excluding hydrogens is 318 g/mol. The average Bonchev–Trinajstić information content (AvgIpc) is 2.67. The summed E-state index contributed by atoms with van der Waals surface area (Å²) >= 11 is 0. The van der Waals surface area contributed by atoms with Gasteiger partial charge in [-0.2, -0.15) is 0 Å². The highest BCUT2D eigenvalue weighted by Gasteiger charge is 2.18. The first-order valence-electron chi connectivity index (χ1n) is 7.93. The Labute approximate surface area is 147 Å². The maximum Gasteiger partial charge on any atom is 0.166 e. The van der Waals surface area contributed by atoms with Crippen molar-refractivity contribution in [3.8, 4) is 22.6 Å². The second kappa shape index (κ2) is 7.96. The molecule has 0 spiro atoms. The Kier molecular flexibility index (Phi) is 5.48. The minimum Gasteiger partial charge on any atom is -0.493 e. The SMILES string of the molecule is COCOCc1c(-c2cncc3ccccc23)ccc(OC)c1OC. The zero-order valence-electron chi connectivity index (χ0n) is 14.6. The predicted molar refractivity (Wildman–Crippen MR) is 96.9 cm³/mol. The summed E-state index contributed by atoms with van der Waals surface area (Å²) < 4.78 is 21.6. The van der Waals surface area contributed by atoms with Gasteiger partial charge in [0.1, 0.15) is 6.79 Å². The first-order valence-corrected chi connectivity index (χ1v) is 7.93. The summed E-state index contributed by atoms with van der Waals surface area (Å²) in [5.41, 5.74) is 2.92. The molecule has 2 aromatic carbocycles. The van der Waals surface area contributed by atoms with Gasteiger partial charge in [0.2, 0.25) is 0 Å². The quantitative estimate of drug-likeness (QED) is 0.480. The zero-order valence-corrected chi connectivity index (χ0v) is 14.6. The fourth-order valence-electron chi connectivity index (χ4n) is 2.94. The van der Waals surface area contributed by atoms with Crippen LogP contribution in [0.25, 0.3) is 21.9 Å². The van der Waals surface area contributed by atoms with Gasteiger partial charge in [-0.3, -0.25) is 4.98 Å². The van der Waals surface area contributed by atoms with Gasteiger partial charge in [-0.15, -0.1) is 0 Å². The van der Waals surface area contributed by atoms with Crippen molar-refractivity contribution >= 4 is 10.8 Å². The Balaban J connectivity index is 2.20. The largest absolute Gasteiger partial charge is 0.493 e. The fraction of sp³-hybridized carbons (Fsp3) is 0.250. The predicted octanol–water partition coefficient (Wildman–Crippen LogP) is 4.04. The van der Waals surface area contributed by atoms with E-state index in [2.05, 4.69) is 11.1 Å². The van der Waals surface area contributed by atoms with E-state index in [1.54, 1.807) is 21.3 Å². The summed E-state index contributed by atoms with van der Waals surface area (Å²) in [6.45, 7) is 0.542. The molecule has 0 aliphatic rings. The third-order valence-electron chi connectivity index (χ3n) is 4.05. The van der Waals surface area contributed by atoms with Crippen LogP contribution in [-0.2, 0) is 16.1 Å². The number of pyridine rings is 1. The lowest BCUT2D eigenvalue weighted by Crippen LogP contribution is -2.03. The lowest BCUT2D eigenvalue weighted by molar-refractivity contribution is -0.0394. The lowest BCUT2D eigenvalue weighted by Gasteiger charge is -2.18. The third-order valence-corrected chi connectivity index (χ3v) is 4.05. The van der Waals surface area contributed by atoms with Gasteiger partial charge < -0.3 is 18.9 Å². The van der Waals surface area contributed by atoms with E-state index in [0.717, 1.165) is 27.5 Å². The third kappa shape index (κ3) is 3.43. The molecule has 0 saturated carbocycles. The molecule has 130 valence electrons. The molecule has 0 bridgehead atoms. The fourth-order valence-corrected chi connectivity index (χ4v) is 2.94. The normalized spacial score (nSPS) is 10.8. The Morgan fingerprint density at radius 2 is 1.72 bits per heavy atom. The van der Waals surface area contributed by atoms with Crippen LogP contribution in [0.3, 0.4) is 0 Å². The first-order chi connectivity index (χ1) is 12.3. The molecule has 5 heteroatoms. The summed E-state index contributed by atoms with van der Waals surface area (Å²) in [4.78, 5) is 4.39. The van der Waals surface area contributed by atoms with Gasteiger partial charge in [-0.25, -0.2) is 0 Å². The van der Waals surface area contributed by atoms with Crippen LogP contribution in [0.2, 0.25) is 0 Å². The van der Waals surface area contributed by atoms with Gasteiger partial charge >= 0.3 is 0 Å². The van der Waals surface area contributed by atoms with E-state index in [1.165, 1.54) is 0 Å². The summed E-state index contributed by atoms with van der Waals surface area (Å²) in [7, 11) is 4.85. The van der Waals surface area contributed by atoms with Crippen LogP contribution in [-0.4, -0.2) is 33.1 Å². The maximum absolute atomic E-state index is 5.61. The summed E-state index contributed by atoms with van der Waals surface area (Å²) in [6.07, 6.45) is 3.73. The molecule has 0 fully saturated rings. The second-order valence-electron chi connectivity index (χ2n) is 5.49. The molecule has 3 aromatic rings. The molecule has 0 amide bonds. The Morgan fingerprint density at radius 1 is 0.880 bits per heavy atom. The second-order valence-corrected chi connectivity index (χ2v) is 5.49. The van der Waals surface area contributed by atoms with E-state index >= 15 is 0 Å². The molecule has 1 heterocycles. The van der Waals surface area contributed by atoms with E-state index in [-0.39, 0.29) is 6.79 Å². The van der Waals surface area contributed by atoms with Crippen LogP contribution >= 0.6 is 0 Å². The van der Waals surface area contributed by atoms with Crippen molar-refractivity contribution in [1.82, 2.24) is 4.98 Å². The number of rotatable bonds is 7. The van der Waals surface area contributed by atoms with Crippen molar-refractivity contribution in [2.24, 2.45) is 0 Å². The molecule has 5 nitrogen and oxygen atoms in total. The minimum atomic E-state index is 0.202. The van der Waals surface area contributed by atoms with Crippen LogP contribution in [0.4, 0.5) is 0 Å². The Hall–Kier alpha value is -2.63. The highest BCUT2D eigenvalue weighted by Crippen LogP contribution is 2.40. The number of hydrogen-bond donors (Lipinski definition) is 0. The summed E-state index contributed by atoms with van der Waals surface area (Å²) in [5.74, 6) is 1.32. The molecule has 1 aromatic heterocycles. The molecular formula is C20H21NO4. The van der Waals surface area contributed by atoms with E-state index < -0.39 is 0 Å². The molecule has 0 aliphatic heterocycles. The maximum atomic E-state index is 5.61. The highest BCUT2D eigenvalue weighted by molar-refractivity contribution is 5.97. The van der Waals surface area contributed by atoms with Crippen molar-refractivity contribution in [2.45, 2.75) is 6.61 Å². The molecule has 0 saturated heterocycles. The molecule has 0 atom stereocenters. The molecule has 25 heavy (non-hydrogen) atoms. The Bertz CT molecular complexity index is 858. The van der Waals surface area contributed by atoms with Gasteiger partial charge in [0.15, 0.2) is 11.5 Å². The van der Waals surface area contributed by atoms with Gasteiger partial charge in [-0.05, 0) is 23.1 Å². The van der Waals surface area contributed by atoms with E-state index in [1.807, 2.05) is 42.7 Å². The molecule has 0 N–H and O–H groups in total. The van der Waals surface area contributed by atoms with Crippen molar-refractivity contribution in [3.05, 3.63) is 54.4 Å². The number of nitrogens with zero attached hydrogens (tertiary/aromatic N) is 1. The Morgan fingerprint density at radius 3 is 2.48 bits per heavy atom. The van der Waals surface area contributed by atoms with Gasteiger partial charge in [0.05, 0.1) is 20.8 Å². The van der Waals surface area contributed by atoms with E-state index in [4.69, 9.17) is 18.9 Å². The average molecular weight is 339 g/mol. The van der Waals surface area contributed by atoms with Gasteiger partial charge in [0.25, 0.3) is 0 Å². The number of fused-ring (bicyclic) bond motifs is 1. The smallest absolute Gasteiger partial charge is 0.166 e. The van der Waals surface area contributed by atoms with Crippen LogP contribution in [0.15, 0.2) is 48.8 Å². The number of benzene rings is 2. The number of methoxy groups -OCH3 is 3. The van der Waals surface area contributed by atoms with Crippen molar-refractivity contribution in [3.63, 3.8) is 0 Å². The van der Waals surface area contributed by atoms with E-state index in [0.29, 0.717) is 18.1 Å². The zero-order chi connectivity index (χ0) is 17.6. The summed E-state index contributed by atoms with van der Waals surface area (Å²) in [6, 6.07) is 12.1. The monoisotopic (exact) mass is 339 g/mol. The minimum absolute atomic E-state index is 0.202. The topological polar surface area (TPSA) is 49.8 Å². The molecule has 0 unspecified atom stereocenters.